The maximum absolute atomic E-state index is 13.6. The second-order valence-corrected chi connectivity index (χ2v) is 7.93. The van der Waals surface area contributed by atoms with Crippen LogP contribution in [-0.2, 0) is 10.0 Å². The Morgan fingerprint density at radius 1 is 1.04 bits per heavy atom. The molecule has 1 aromatic heterocycles. The summed E-state index contributed by atoms with van der Waals surface area (Å²) >= 11 is 0. The van der Waals surface area contributed by atoms with Gasteiger partial charge in [-0.3, -0.25) is 0 Å². The molecule has 7 nitrogen and oxygen atoms in total. The van der Waals surface area contributed by atoms with E-state index in [0.29, 0.717) is 5.69 Å². The van der Waals surface area contributed by atoms with Gasteiger partial charge in [-0.05, 0) is 23.0 Å². The van der Waals surface area contributed by atoms with Crippen molar-refractivity contribution in [2.45, 2.75) is 44.6 Å². The third kappa shape index (κ3) is 4.34. The fourth-order valence-electron chi connectivity index (χ4n) is 2.49. The van der Waals surface area contributed by atoms with Gasteiger partial charge in [0.05, 0.1) is 0 Å². The van der Waals surface area contributed by atoms with E-state index in [4.69, 9.17) is 0 Å². The number of urea groups is 1. The number of nitrogens with zero attached hydrogens (tertiary/aromatic N) is 2. The van der Waals surface area contributed by atoms with Gasteiger partial charge in [-0.2, -0.15) is 12.8 Å². The number of carbonyl (C=O) groups excluding carboxylic acids is 1. The first-order valence-electron chi connectivity index (χ1n) is 8.06. The molecule has 0 radical (unpaired) electrons. The molecule has 0 saturated heterocycles. The summed E-state index contributed by atoms with van der Waals surface area (Å²) in [7, 11) is -4.49. The zero-order valence-electron chi connectivity index (χ0n) is 14.9. The monoisotopic (exact) mass is 380 g/mol. The number of hydrogen-bond acceptors (Lipinski definition) is 5. The van der Waals surface area contributed by atoms with Gasteiger partial charge in [0.25, 0.3) is 16.0 Å². The molecule has 0 atom stereocenters. The highest BCUT2D eigenvalue weighted by atomic mass is 32.2. The first kappa shape index (κ1) is 19.8. The largest absolute Gasteiger partial charge is 0.333 e. The molecule has 9 heteroatoms. The highest BCUT2D eigenvalue weighted by Gasteiger charge is 2.25. The van der Waals surface area contributed by atoms with E-state index in [9.17, 15) is 17.6 Å². The molecule has 2 rings (SSSR count). The van der Waals surface area contributed by atoms with Gasteiger partial charge >= 0.3 is 6.03 Å². The fourth-order valence-corrected chi connectivity index (χ4v) is 3.36. The Morgan fingerprint density at radius 2 is 1.58 bits per heavy atom. The molecule has 0 unspecified atom stereocenters. The van der Waals surface area contributed by atoms with Crippen molar-refractivity contribution in [3.05, 3.63) is 47.7 Å². The number of benzene rings is 1. The van der Waals surface area contributed by atoms with Crippen LogP contribution >= 0.6 is 0 Å². The van der Waals surface area contributed by atoms with Crippen LogP contribution in [-0.4, -0.2) is 24.4 Å². The number of hydrogen-bond donors (Lipinski definition) is 2. The lowest BCUT2D eigenvalue weighted by Crippen LogP contribution is -2.36. The number of nitrogens with one attached hydrogen (secondary N) is 2. The van der Waals surface area contributed by atoms with E-state index in [1.165, 1.54) is 0 Å². The van der Waals surface area contributed by atoms with Gasteiger partial charge < -0.3 is 5.32 Å². The average Bonchev–Trinajstić information content (AvgIpc) is 2.54. The second kappa shape index (κ2) is 7.77. The third-order valence-electron chi connectivity index (χ3n) is 3.72. The topological polar surface area (TPSA) is 101 Å². The van der Waals surface area contributed by atoms with Crippen molar-refractivity contribution in [2.24, 2.45) is 0 Å². The summed E-state index contributed by atoms with van der Waals surface area (Å²) in [4.78, 5) is 19.0. The van der Waals surface area contributed by atoms with Crippen molar-refractivity contribution in [1.29, 1.82) is 0 Å². The summed E-state index contributed by atoms with van der Waals surface area (Å²) in [6.45, 7) is 7.87. The second-order valence-electron chi connectivity index (χ2n) is 6.33. The molecule has 2 aromatic rings. The zero-order valence-corrected chi connectivity index (χ0v) is 15.8. The first-order valence-corrected chi connectivity index (χ1v) is 9.55. The fraction of sp³-hybridized carbons (Fsp3) is 0.353. The van der Waals surface area contributed by atoms with Crippen molar-refractivity contribution in [3.8, 4) is 0 Å². The Hall–Kier alpha value is -2.55. The van der Waals surface area contributed by atoms with Crippen LogP contribution in [0, 0.1) is 5.95 Å². The van der Waals surface area contributed by atoms with Crippen LogP contribution in [0.3, 0.4) is 0 Å². The summed E-state index contributed by atoms with van der Waals surface area (Å²) in [6, 6.07) is 4.62. The summed E-state index contributed by atoms with van der Waals surface area (Å²) < 4.78 is 39.7. The van der Waals surface area contributed by atoms with Crippen LogP contribution in [0.15, 0.2) is 35.6 Å². The zero-order chi connectivity index (χ0) is 19.5. The van der Waals surface area contributed by atoms with Crippen molar-refractivity contribution < 1.29 is 17.6 Å². The van der Waals surface area contributed by atoms with E-state index in [-0.39, 0.29) is 11.8 Å². The summed E-state index contributed by atoms with van der Waals surface area (Å²) in [5.41, 5.74) is 2.29. The molecule has 0 spiro atoms. The van der Waals surface area contributed by atoms with E-state index in [2.05, 4.69) is 15.3 Å². The Balaban J connectivity index is 2.32. The number of halogens is 1. The van der Waals surface area contributed by atoms with E-state index in [0.717, 1.165) is 23.5 Å². The molecule has 1 aromatic carbocycles. The average molecular weight is 380 g/mol. The molecule has 0 aliphatic heterocycles. The normalized spacial score (nSPS) is 11.7. The van der Waals surface area contributed by atoms with E-state index in [1.807, 2.05) is 45.9 Å². The standard InChI is InChI=1S/C17H21FN4O3S/c1-10(2)12-6-5-7-13(11(3)4)14(12)21-17(23)22-26(24,25)16-15(18)19-8-9-20-16/h5-11H,1-4H3,(H2,21,22,23). The van der Waals surface area contributed by atoms with Crippen LogP contribution in [0.4, 0.5) is 14.9 Å². The third-order valence-corrected chi connectivity index (χ3v) is 4.95. The first-order chi connectivity index (χ1) is 12.1. The lowest BCUT2D eigenvalue weighted by Gasteiger charge is -2.20. The molecule has 0 saturated carbocycles. The molecular formula is C17H21FN4O3S. The highest BCUT2D eigenvalue weighted by Crippen LogP contribution is 2.32. The number of anilines is 1. The number of rotatable bonds is 5. The van der Waals surface area contributed by atoms with Gasteiger partial charge in [0.2, 0.25) is 5.03 Å². The van der Waals surface area contributed by atoms with Gasteiger partial charge in [-0.25, -0.2) is 19.5 Å². The number of amides is 2. The van der Waals surface area contributed by atoms with Crippen LogP contribution < -0.4 is 10.0 Å². The molecule has 0 aliphatic carbocycles. The number of aromatic nitrogens is 2. The Morgan fingerprint density at radius 3 is 2.08 bits per heavy atom. The van der Waals surface area contributed by atoms with Gasteiger partial charge in [0.15, 0.2) is 0 Å². The molecule has 0 fully saturated rings. The van der Waals surface area contributed by atoms with Gasteiger partial charge in [0, 0.05) is 18.1 Å². The SMILES string of the molecule is CC(C)c1cccc(C(C)C)c1NC(=O)NS(=O)(=O)c1nccnc1F. The van der Waals surface area contributed by atoms with Crippen LogP contribution in [0.25, 0.3) is 0 Å². The predicted octanol–water partition coefficient (Wildman–Crippen LogP) is 3.37. The number of para-hydroxylation sites is 1. The van der Waals surface area contributed by atoms with Crippen LogP contribution in [0.1, 0.15) is 50.7 Å². The van der Waals surface area contributed by atoms with E-state index < -0.39 is 27.0 Å². The summed E-state index contributed by atoms with van der Waals surface area (Å²) in [5.74, 6) is -1.06. The Kier molecular flexibility index (Phi) is 5.91. The van der Waals surface area contributed by atoms with Crippen molar-refractivity contribution in [2.75, 3.05) is 5.32 Å². The van der Waals surface area contributed by atoms with Crippen molar-refractivity contribution in [3.63, 3.8) is 0 Å². The molecule has 26 heavy (non-hydrogen) atoms. The lowest BCUT2D eigenvalue weighted by atomic mass is 9.93. The van der Waals surface area contributed by atoms with Crippen LogP contribution in [0.5, 0.6) is 0 Å². The molecule has 1 heterocycles. The van der Waals surface area contributed by atoms with E-state index >= 15 is 0 Å². The maximum Gasteiger partial charge on any atom is 0.333 e. The Bertz CT molecular complexity index is 888. The molecule has 0 aliphatic rings. The van der Waals surface area contributed by atoms with Crippen molar-refractivity contribution >= 4 is 21.7 Å². The molecule has 2 N–H and O–H groups in total. The lowest BCUT2D eigenvalue weighted by molar-refractivity contribution is 0.256. The predicted molar refractivity (Wildman–Crippen MR) is 96.0 cm³/mol. The van der Waals surface area contributed by atoms with Gasteiger partial charge in [0.1, 0.15) is 0 Å². The highest BCUT2D eigenvalue weighted by molar-refractivity contribution is 7.90. The quantitative estimate of drug-likeness (QED) is 0.828. The smallest absolute Gasteiger partial charge is 0.307 e. The molecular weight excluding hydrogens is 359 g/mol. The summed E-state index contributed by atoms with van der Waals surface area (Å²) in [5, 5.41) is 1.65. The molecule has 140 valence electrons. The summed E-state index contributed by atoms with van der Waals surface area (Å²) in [6.07, 6.45) is 2.04. The van der Waals surface area contributed by atoms with Gasteiger partial charge in [-0.15, -0.1) is 0 Å². The molecule has 2 amide bonds. The number of sulfonamides is 1. The maximum atomic E-state index is 13.6. The Labute approximate surface area is 152 Å². The van der Waals surface area contributed by atoms with E-state index in [1.54, 1.807) is 4.72 Å². The molecule has 0 bridgehead atoms. The minimum Gasteiger partial charge on any atom is -0.307 e. The minimum absolute atomic E-state index is 0.109. The number of carbonyl (C=O) groups is 1. The van der Waals surface area contributed by atoms with Gasteiger partial charge in [-0.1, -0.05) is 45.9 Å². The minimum atomic E-state index is -4.49. The van der Waals surface area contributed by atoms with Crippen LogP contribution in [0.2, 0.25) is 0 Å². The van der Waals surface area contributed by atoms with Crippen molar-refractivity contribution in [1.82, 2.24) is 14.7 Å².